The van der Waals surface area contributed by atoms with Gasteiger partial charge in [-0.1, -0.05) is 0 Å². The topological polar surface area (TPSA) is 84.2 Å². The third-order valence-electron chi connectivity index (χ3n) is 2.82. The number of nitrogens with zero attached hydrogens (tertiary/aromatic N) is 2. The predicted octanol–water partition coefficient (Wildman–Crippen LogP) is 0.317. The standard InChI is InChI=1S/C11H17IN4O2/c1-11(2)5-16(4-7(3-13)18-11)9-8(12)10(17)15-6-14-9/h6-7H,3-5,13H2,1-2H3,(H,14,15,17). The number of anilines is 1. The molecule has 18 heavy (non-hydrogen) atoms. The number of halogens is 1. The summed E-state index contributed by atoms with van der Waals surface area (Å²) in [7, 11) is 0. The van der Waals surface area contributed by atoms with Crippen molar-refractivity contribution in [1.82, 2.24) is 9.97 Å². The van der Waals surface area contributed by atoms with Gasteiger partial charge in [0.25, 0.3) is 5.56 Å². The zero-order valence-electron chi connectivity index (χ0n) is 10.4. The lowest BCUT2D eigenvalue weighted by molar-refractivity contribution is -0.0790. The average Bonchev–Trinajstić information content (AvgIpc) is 2.30. The van der Waals surface area contributed by atoms with E-state index >= 15 is 0 Å². The van der Waals surface area contributed by atoms with Gasteiger partial charge in [-0.3, -0.25) is 4.79 Å². The fraction of sp³-hybridized carbons (Fsp3) is 0.636. The molecule has 0 aromatic carbocycles. The van der Waals surface area contributed by atoms with Gasteiger partial charge in [-0.25, -0.2) is 4.98 Å². The van der Waals surface area contributed by atoms with Crippen molar-refractivity contribution in [1.29, 1.82) is 0 Å². The molecule has 0 amide bonds. The van der Waals surface area contributed by atoms with E-state index in [1.54, 1.807) is 0 Å². The number of rotatable bonds is 2. The number of ether oxygens (including phenoxy) is 1. The Morgan fingerprint density at radius 2 is 2.44 bits per heavy atom. The van der Waals surface area contributed by atoms with E-state index in [2.05, 4.69) is 14.9 Å². The van der Waals surface area contributed by atoms with Crippen LogP contribution in [0.2, 0.25) is 0 Å². The Labute approximate surface area is 119 Å². The van der Waals surface area contributed by atoms with Gasteiger partial charge in [0.05, 0.1) is 18.0 Å². The number of hydrogen-bond donors (Lipinski definition) is 2. The minimum Gasteiger partial charge on any atom is -0.367 e. The molecule has 1 atom stereocenters. The molecule has 0 radical (unpaired) electrons. The van der Waals surface area contributed by atoms with Crippen molar-refractivity contribution in [3.63, 3.8) is 0 Å². The lowest BCUT2D eigenvalue weighted by Crippen LogP contribution is -2.55. The van der Waals surface area contributed by atoms with Gasteiger partial charge in [0, 0.05) is 19.6 Å². The second-order valence-corrected chi connectivity index (χ2v) is 6.06. The number of aromatic nitrogens is 2. The molecule has 1 aliphatic rings. The fourth-order valence-corrected chi connectivity index (χ4v) is 2.81. The molecule has 3 N–H and O–H groups in total. The summed E-state index contributed by atoms with van der Waals surface area (Å²) in [5.74, 6) is 0.703. The Morgan fingerprint density at radius 3 is 3.11 bits per heavy atom. The molecule has 1 aliphatic heterocycles. The van der Waals surface area contributed by atoms with Crippen LogP contribution in [-0.4, -0.2) is 41.3 Å². The first kappa shape index (κ1) is 13.8. The molecule has 1 aromatic heterocycles. The number of morpholine rings is 1. The largest absolute Gasteiger partial charge is 0.367 e. The molecule has 100 valence electrons. The van der Waals surface area contributed by atoms with Gasteiger partial charge < -0.3 is 20.4 Å². The number of H-pyrrole nitrogens is 1. The Kier molecular flexibility index (Phi) is 3.93. The van der Waals surface area contributed by atoms with Crippen LogP contribution in [0.25, 0.3) is 0 Å². The van der Waals surface area contributed by atoms with E-state index in [0.29, 0.717) is 29.0 Å². The molecule has 0 spiro atoms. The molecule has 0 saturated carbocycles. The quantitative estimate of drug-likeness (QED) is 0.739. The van der Waals surface area contributed by atoms with Crippen molar-refractivity contribution in [2.24, 2.45) is 5.73 Å². The van der Waals surface area contributed by atoms with Crippen LogP contribution in [0.5, 0.6) is 0 Å². The molecule has 1 aromatic rings. The Hall–Kier alpha value is -0.670. The summed E-state index contributed by atoms with van der Waals surface area (Å²) in [6, 6.07) is 0. The van der Waals surface area contributed by atoms with Gasteiger partial charge in [-0.05, 0) is 36.4 Å². The number of nitrogens with one attached hydrogen (secondary N) is 1. The van der Waals surface area contributed by atoms with Gasteiger partial charge >= 0.3 is 0 Å². The maximum Gasteiger partial charge on any atom is 0.266 e. The molecule has 0 bridgehead atoms. The highest BCUT2D eigenvalue weighted by molar-refractivity contribution is 14.1. The Balaban J connectivity index is 2.32. The van der Waals surface area contributed by atoms with E-state index in [1.165, 1.54) is 6.33 Å². The second-order valence-electron chi connectivity index (χ2n) is 4.99. The van der Waals surface area contributed by atoms with Crippen LogP contribution in [-0.2, 0) is 4.74 Å². The third-order valence-corrected chi connectivity index (χ3v) is 3.79. The van der Waals surface area contributed by atoms with E-state index < -0.39 is 0 Å². The number of hydrogen-bond acceptors (Lipinski definition) is 5. The highest BCUT2D eigenvalue weighted by atomic mass is 127. The minimum atomic E-state index is -0.296. The van der Waals surface area contributed by atoms with Crippen molar-refractivity contribution in [3.05, 3.63) is 20.3 Å². The van der Waals surface area contributed by atoms with Gasteiger partial charge in [0.2, 0.25) is 0 Å². The van der Waals surface area contributed by atoms with Crippen molar-refractivity contribution in [3.8, 4) is 0 Å². The van der Waals surface area contributed by atoms with Crippen LogP contribution in [0.3, 0.4) is 0 Å². The van der Waals surface area contributed by atoms with E-state index in [1.807, 2.05) is 36.4 Å². The maximum atomic E-state index is 11.6. The first-order valence-electron chi connectivity index (χ1n) is 5.79. The van der Waals surface area contributed by atoms with Gasteiger partial charge in [-0.2, -0.15) is 0 Å². The molecule has 1 unspecified atom stereocenters. The van der Waals surface area contributed by atoms with Crippen molar-refractivity contribution in [2.45, 2.75) is 25.6 Å². The summed E-state index contributed by atoms with van der Waals surface area (Å²) in [6.45, 7) is 5.84. The van der Waals surface area contributed by atoms with Gasteiger partial charge in [0.1, 0.15) is 9.39 Å². The van der Waals surface area contributed by atoms with E-state index in [-0.39, 0.29) is 17.3 Å². The Morgan fingerprint density at radius 1 is 1.72 bits per heavy atom. The monoisotopic (exact) mass is 364 g/mol. The summed E-state index contributed by atoms with van der Waals surface area (Å²) in [4.78, 5) is 20.5. The highest BCUT2D eigenvalue weighted by Gasteiger charge is 2.34. The summed E-state index contributed by atoms with van der Waals surface area (Å²) >= 11 is 2.02. The van der Waals surface area contributed by atoms with Crippen molar-refractivity contribution >= 4 is 28.4 Å². The SMILES string of the molecule is CC1(C)CN(c2nc[nH]c(=O)c2I)CC(CN)O1. The molecule has 0 aliphatic carbocycles. The second kappa shape index (κ2) is 5.14. The lowest BCUT2D eigenvalue weighted by Gasteiger charge is -2.43. The van der Waals surface area contributed by atoms with Crippen LogP contribution in [0.4, 0.5) is 5.82 Å². The zero-order chi connectivity index (χ0) is 13.3. The maximum absolute atomic E-state index is 11.6. The number of aromatic amines is 1. The summed E-state index contributed by atoms with van der Waals surface area (Å²) in [5.41, 5.74) is 5.28. The molecule has 2 heterocycles. The Bertz CT molecular complexity index is 488. The molecular formula is C11H17IN4O2. The molecular weight excluding hydrogens is 347 g/mol. The molecule has 2 rings (SSSR count). The molecule has 1 saturated heterocycles. The first-order chi connectivity index (χ1) is 8.43. The van der Waals surface area contributed by atoms with E-state index in [9.17, 15) is 4.79 Å². The van der Waals surface area contributed by atoms with Crippen molar-refractivity contribution < 1.29 is 4.74 Å². The first-order valence-corrected chi connectivity index (χ1v) is 6.87. The summed E-state index contributed by atoms with van der Waals surface area (Å²) in [5, 5.41) is 0. The van der Waals surface area contributed by atoms with E-state index in [4.69, 9.17) is 10.5 Å². The minimum absolute atomic E-state index is 0.0364. The van der Waals surface area contributed by atoms with Crippen molar-refractivity contribution in [2.75, 3.05) is 24.5 Å². The highest BCUT2D eigenvalue weighted by Crippen LogP contribution is 2.25. The summed E-state index contributed by atoms with van der Waals surface area (Å²) < 4.78 is 6.46. The van der Waals surface area contributed by atoms with Crippen LogP contribution in [0.1, 0.15) is 13.8 Å². The molecule has 6 nitrogen and oxygen atoms in total. The van der Waals surface area contributed by atoms with Crippen LogP contribution in [0, 0.1) is 3.57 Å². The zero-order valence-corrected chi connectivity index (χ0v) is 12.6. The van der Waals surface area contributed by atoms with E-state index in [0.717, 1.165) is 0 Å². The third kappa shape index (κ3) is 2.83. The lowest BCUT2D eigenvalue weighted by atomic mass is 10.1. The van der Waals surface area contributed by atoms with Crippen LogP contribution >= 0.6 is 22.6 Å². The summed E-state index contributed by atoms with van der Waals surface area (Å²) in [6.07, 6.45) is 1.39. The van der Waals surface area contributed by atoms with Crippen LogP contribution < -0.4 is 16.2 Å². The molecule has 1 fully saturated rings. The van der Waals surface area contributed by atoms with Gasteiger partial charge in [0.15, 0.2) is 0 Å². The van der Waals surface area contributed by atoms with Gasteiger partial charge in [-0.15, -0.1) is 0 Å². The smallest absolute Gasteiger partial charge is 0.266 e. The fourth-order valence-electron chi connectivity index (χ4n) is 2.17. The average molecular weight is 364 g/mol. The molecule has 7 heteroatoms. The van der Waals surface area contributed by atoms with Crippen LogP contribution in [0.15, 0.2) is 11.1 Å². The normalized spacial score (nSPS) is 23.1. The number of nitrogens with two attached hydrogens (primary N) is 1. The predicted molar refractivity (Wildman–Crippen MR) is 77.8 cm³/mol.